The maximum absolute atomic E-state index is 5.48. The maximum Gasteiger partial charge on any atom is 0.125 e. The first kappa shape index (κ1) is 8.19. The van der Waals surface area contributed by atoms with Gasteiger partial charge in [-0.2, -0.15) is 0 Å². The number of hydrogen-bond acceptors (Lipinski definition) is 4. The highest BCUT2D eigenvalue weighted by Crippen LogP contribution is 2.22. The summed E-state index contributed by atoms with van der Waals surface area (Å²) in [6.45, 7) is 1.98. The molecule has 0 atom stereocenters. The van der Waals surface area contributed by atoms with Gasteiger partial charge < -0.3 is 5.73 Å². The van der Waals surface area contributed by atoms with Crippen molar-refractivity contribution in [2.75, 3.05) is 5.73 Å². The van der Waals surface area contributed by atoms with Crippen LogP contribution >= 0.6 is 11.3 Å². The molecule has 0 bridgehead atoms. The smallest absolute Gasteiger partial charge is 0.125 e. The molecule has 0 amide bonds. The van der Waals surface area contributed by atoms with Crippen molar-refractivity contribution in [3.63, 3.8) is 0 Å². The summed E-state index contributed by atoms with van der Waals surface area (Å²) < 4.78 is 0. The minimum atomic E-state index is 0.539. The Morgan fingerprint density at radius 2 is 2.23 bits per heavy atom. The van der Waals surface area contributed by atoms with Crippen LogP contribution in [0.4, 0.5) is 5.82 Å². The molecule has 2 N–H and O–H groups in total. The second-order valence-corrected chi connectivity index (χ2v) is 3.62. The molecule has 0 aliphatic heterocycles. The Hall–Kier alpha value is -1.42. The Balaban J connectivity index is 2.41. The normalized spacial score (nSPS) is 10.2. The summed E-state index contributed by atoms with van der Waals surface area (Å²) in [5.74, 6) is 0.539. The molecule has 2 heterocycles. The first-order chi connectivity index (χ1) is 6.25. The molecule has 4 heteroatoms. The van der Waals surface area contributed by atoms with Gasteiger partial charge in [0.25, 0.3) is 0 Å². The first-order valence-electron chi connectivity index (χ1n) is 3.90. The predicted molar refractivity (Wildman–Crippen MR) is 54.5 cm³/mol. The van der Waals surface area contributed by atoms with Crippen molar-refractivity contribution in [3.8, 4) is 10.6 Å². The third-order valence-corrected chi connectivity index (χ3v) is 2.66. The monoisotopic (exact) mass is 191 g/mol. The van der Waals surface area contributed by atoms with Crippen LogP contribution in [0.15, 0.2) is 23.7 Å². The molecule has 0 radical (unpaired) electrons. The lowest BCUT2D eigenvalue weighted by molar-refractivity contribution is 1.25. The third-order valence-electron chi connectivity index (χ3n) is 1.65. The quantitative estimate of drug-likeness (QED) is 0.751. The number of hydrogen-bond donors (Lipinski definition) is 1. The molecule has 2 rings (SSSR count). The van der Waals surface area contributed by atoms with Gasteiger partial charge in [0.1, 0.15) is 10.8 Å². The molecule has 0 aromatic carbocycles. The average molecular weight is 191 g/mol. The van der Waals surface area contributed by atoms with Gasteiger partial charge in [-0.25, -0.2) is 9.97 Å². The summed E-state index contributed by atoms with van der Waals surface area (Å²) in [6.07, 6.45) is 1.74. The summed E-state index contributed by atoms with van der Waals surface area (Å²) in [4.78, 5) is 8.36. The van der Waals surface area contributed by atoms with Crippen LogP contribution in [-0.4, -0.2) is 9.97 Å². The highest BCUT2D eigenvalue weighted by molar-refractivity contribution is 7.13. The van der Waals surface area contributed by atoms with Gasteiger partial charge in [-0.1, -0.05) is 0 Å². The molecule has 0 saturated carbocycles. The lowest BCUT2D eigenvalue weighted by Crippen LogP contribution is -1.88. The van der Waals surface area contributed by atoms with Crippen LogP contribution < -0.4 is 5.73 Å². The number of nitrogens with zero attached hydrogens (tertiary/aromatic N) is 2. The van der Waals surface area contributed by atoms with E-state index in [9.17, 15) is 0 Å². The average Bonchev–Trinajstić information content (AvgIpc) is 2.53. The predicted octanol–water partition coefficient (Wildman–Crippen LogP) is 2.10. The van der Waals surface area contributed by atoms with Gasteiger partial charge in [-0.15, -0.1) is 11.3 Å². The number of aromatic nitrogens is 2. The summed E-state index contributed by atoms with van der Waals surface area (Å²) in [7, 11) is 0. The van der Waals surface area contributed by atoms with Gasteiger partial charge >= 0.3 is 0 Å². The minimum Gasteiger partial charge on any atom is -0.384 e. The number of rotatable bonds is 1. The van der Waals surface area contributed by atoms with E-state index in [-0.39, 0.29) is 0 Å². The lowest BCUT2D eigenvalue weighted by atomic mass is 10.3. The van der Waals surface area contributed by atoms with Crippen molar-refractivity contribution in [2.24, 2.45) is 0 Å². The minimum absolute atomic E-state index is 0.539. The van der Waals surface area contributed by atoms with Crippen LogP contribution in [0, 0.1) is 6.92 Å². The van der Waals surface area contributed by atoms with E-state index in [0.717, 1.165) is 16.3 Å². The zero-order valence-electron chi connectivity index (χ0n) is 7.19. The SMILES string of the molecule is Cc1csc(-c2ccc(N)nc2)n1. The molecule has 2 aromatic heterocycles. The summed E-state index contributed by atoms with van der Waals surface area (Å²) >= 11 is 1.62. The zero-order chi connectivity index (χ0) is 9.26. The number of anilines is 1. The molecule has 66 valence electrons. The van der Waals surface area contributed by atoms with Crippen LogP contribution in [0.3, 0.4) is 0 Å². The van der Waals surface area contributed by atoms with Gasteiger partial charge in [-0.05, 0) is 19.1 Å². The molecule has 0 aliphatic carbocycles. The maximum atomic E-state index is 5.48. The Morgan fingerprint density at radius 3 is 2.77 bits per heavy atom. The Bertz CT molecular complexity index is 405. The molecule has 0 spiro atoms. The van der Waals surface area contributed by atoms with Crippen LogP contribution in [0.5, 0.6) is 0 Å². The Labute approximate surface area is 80.3 Å². The number of thiazole rings is 1. The van der Waals surface area contributed by atoms with E-state index in [4.69, 9.17) is 5.73 Å². The van der Waals surface area contributed by atoms with Gasteiger partial charge in [0.15, 0.2) is 0 Å². The fourth-order valence-electron chi connectivity index (χ4n) is 1.02. The molecule has 2 aromatic rings. The van der Waals surface area contributed by atoms with Crippen molar-refractivity contribution in [2.45, 2.75) is 6.92 Å². The molecule has 0 fully saturated rings. The van der Waals surface area contributed by atoms with E-state index in [2.05, 4.69) is 9.97 Å². The summed E-state index contributed by atoms with van der Waals surface area (Å²) in [5, 5.41) is 3.01. The van der Waals surface area contributed by atoms with E-state index in [1.54, 1.807) is 23.6 Å². The van der Waals surface area contributed by atoms with Gasteiger partial charge in [-0.3, -0.25) is 0 Å². The lowest BCUT2D eigenvalue weighted by Gasteiger charge is -1.95. The van der Waals surface area contributed by atoms with Gasteiger partial charge in [0.05, 0.1) is 0 Å². The number of nitrogen functional groups attached to an aromatic ring is 1. The highest BCUT2D eigenvalue weighted by Gasteiger charge is 2.01. The van der Waals surface area contributed by atoms with Crippen LogP contribution in [0.2, 0.25) is 0 Å². The van der Waals surface area contributed by atoms with E-state index >= 15 is 0 Å². The van der Waals surface area contributed by atoms with E-state index in [0.29, 0.717) is 5.82 Å². The number of aryl methyl sites for hydroxylation is 1. The number of pyridine rings is 1. The first-order valence-corrected chi connectivity index (χ1v) is 4.78. The molecule has 0 aliphatic rings. The second kappa shape index (κ2) is 3.14. The molecular weight excluding hydrogens is 182 g/mol. The Kier molecular flexibility index (Phi) is 1.98. The highest BCUT2D eigenvalue weighted by atomic mass is 32.1. The molecular formula is C9H9N3S. The summed E-state index contributed by atoms with van der Waals surface area (Å²) in [6, 6.07) is 3.71. The van der Waals surface area contributed by atoms with Crippen LogP contribution in [0.1, 0.15) is 5.69 Å². The van der Waals surface area contributed by atoms with E-state index in [1.807, 2.05) is 18.4 Å². The van der Waals surface area contributed by atoms with Gasteiger partial charge in [0, 0.05) is 22.8 Å². The van der Waals surface area contributed by atoms with Crippen molar-refractivity contribution >= 4 is 17.2 Å². The van der Waals surface area contributed by atoms with Gasteiger partial charge in [0.2, 0.25) is 0 Å². The molecule has 0 saturated heterocycles. The van der Waals surface area contributed by atoms with Crippen LogP contribution in [0.25, 0.3) is 10.6 Å². The van der Waals surface area contributed by atoms with E-state index < -0.39 is 0 Å². The topological polar surface area (TPSA) is 51.8 Å². The van der Waals surface area contributed by atoms with Crippen molar-refractivity contribution < 1.29 is 0 Å². The second-order valence-electron chi connectivity index (χ2n) is 2.77. The molecule has 3 nitrogen and oxygen atoms in total. The largest absolute Gasteiger partial charge is 0.384 e. The number of nitrogens with two attached hydrogens (primary N) is 1. The molecule has 13 heavy (non-hydrogen) atoms. The summed E-state index contributed by atoms with van der Waals surface area (Å²) in [5.41, 5.74) is 7.54. The van der Waals surface area contributed by atoms with Crippen LogP contribution in [-0.2, 0) is 0 Å². The fourth-order valence-corrected chi connectivity index (χ4v) is 1.81. The molecule has 0 unspecified atom stereocenters. The Morgan fingerprint density at radius 1 is 1.38 bits per heavy atom. The van der Waals surface area contributed by atoms with Crippen molar-refractivity contribution in [1.29, 1.82) is 0 Å². The van der Waals surface area contributed by atoms with Crippen molar-refractivity contribution in [3.05, 3.63) is 29.4 Å². The standard InChI is InChI=1S/C9H9N3S/c1-6-5-13-9(12-6)7-2-3-8(10)11-4-7/h2-5H,1H3,(H2,10,11). The zero-order valence-corrected chi connectivity index (χ0v) is 8.01. The third kappa shape index (κ3) is 1.67. The van der Waals surface area contributed by atoms with E-state index in [1.165, 1.54) is 0 Å². The van der Waals surface area contributed by atoms with Crippen molar-refractivity contribution in [1.82, 2.24) is 9.97 Å². The fraction of sp³-hybridized carbons (Fsp3) is 0.111.